The predicted octanol–water partition coefficient (Wildman–Crippen LogP) is 2.06. The summed E-state index contributed by atoms with van der Waals surface area (Å²) < 4.78 is 1.85. The van der Waals surface area contributed by atoms with Gasteiger partial charge in [0.2, 0.25) is 0 Å². The third-order valence-corrected chi connectivity index (χ3v) is 2.33. The van der Waals surface area contributed by atoms with Crippen molar-refractivity contribution in [1.29, 1.82) is 0 Å². The summed E-state index contributed by atoms with van der Waals surface area (Å²) in [5.41, 5.74) is 2.18. The van der Waals surface area contributed by atoms with Gasteiger partial charge in [0.1, 0.15) is 5.78 Å². The molecular formula is C13H14N2O. The van der Waals surface area contributed by atoms with Crippen molar-refractivity contribution in [2.24, 2.45) is 0 Å². The Morgan fingerprint density at radius 2 is 2.00 bits per heavy atom. The van der Waals surface area contributed by atoms with E-state index < -0.39 is 0 Å². The molecule has 0 fully saturated rings. The minimum atomic E-state index is 0.166. The van der Waals surface area contributed by atoms with Gasteiger partial charge in [0.15, 0.2) is 0 Å². The van der Waals surface area contributed by atoms with Crippen molar-refractivity contribution in [3.63, 3.8) is 0 Å². The van der Waals surface area contributed by atoms with Gasteiger partial charge in [-0.2, -0.15) is 5.10 Å². The fourth-order valence-electron chi connectivity index (χ4n) is 1.64. The second kappa shape index (κ2) is 4.75. The van der Waals surface area contributed by atoms with Crippen molar-refractivity contribution in [1.82, 2.24) is 9.78 Å². The van der Waals surface area contributed by atoms with E-state index in [4.69, 9.17) is 0 Å². The first-order valence-corrected chi connectivity index (χ1v) is 5.29. The molecule has 0 bridgehead atoms. The van der Waals surface area contributed by atoms with Crippen LogP contribution in [-0.2, 0) is 17.8 Å². The molecule has 0 spiro atoms. The second-order valence-corrected chi connectivity index (χ2v) is 3.91. The number of hydrogen-bond donors (Lipinski definition) is 0. The molecule has 3 heteroatoms. The van der Waals surface area contributed by atoms with Crippen molar-refractivity contribution in [2.75, 3.05) is 0 Å². The molecule has 0 amide bonds. The zero-order valence-corrected chi connectivity index (χ0v) is 9.26. The Morgan fingerprint density at radius 1 is 1.25 bits per heavy atom. The van der Waals surface area contributed by atoms with Crippen LogP contribution in [0.25, 0.3) is 0 Å². The van der Waals surface area contributed by atoms with E-state index in [1.54, 1.807) is 13.1 Å². The van der Waals surface area contributed by atoms with Crippen LogP contribution in [0.3, 0.4) is 0 Å². The summed E-state index contributed by atoms with van der Waals surface area (Å²) in [6.07, 6.45) is 4.15. The zero-order chi connectivity index (χ0) is 11.4. The highest BCUT2D eigenvalue weighted by Gasteiger charge is 2.01. The molecule has 2 rings (SSSR count). The van der Waals surface area contributed by atoms with E-state index in [-0.39, 0.29) is 5.78 Å². The maximum atomic E-state index is 10.9. The summed E-state index contributed by atoms with van der Waals surface area (Å²) >= 11 is 0. The fraction of sp³-hybridized carbons (Fsp3) is 0.231. The van der Waals surface area contributed by atoms with Crippen LogP contribution in [0.4, 0.5) is 0 Å². The van der Waals surface area contributed by atoms with Gasteiger partial charge in [0.05, 0.1) is 12.7 Å². The van der Waals surface area contributed by atoms with Crippen molar-refractivity contribution < 1.29 is 4.79 Å². The lowest BCUT2D eigenvalue weighted by molar-refractivity contribution is -0.116. The molecule has 1 heterocycles. The Kier molecular flexibility index (Phi) is 3.15. The Bertz CT molecular complexity index is 474. The molecule has 0 N–H and O–H groups in total. The number of aromatic nitrogens is 2. The first-order chi connectivity index (χ1) is 7.74. The second-order valence-electron chi connectivity index (χ2n) is 3.91. The van der Waals surface area contributed by atoms with Crippen LogP contribution in [0.1, 0.15) is 18.1 Å². The Labute approximate surface area is 94.7 Å². The van der Waals surface area contributed by atoms with Crippen LogP contribution in [0.15, 0.2) is 42.7 Å². The molecule has 0 radical (unpaired) electrons. The number of benzene rings is 1. The minimum absolute atomic E-state index is 0.166. The van der Waals surface area contributed by atoms with Crippen molar-refractivity contribution in [3.05, 3.63) is 53.9 Å². The van der Waals surface area contributed by atoms with Crippen LogP contribution < -0.4 is 0 Å². The topological polar surface area (TPSA) is 34.9 Å². The molecule has 0 atom stereocenters. The Morgan fingerprint density at radius 3 is 2.69 bits per heavy atom. The highest BCUT2D eigenvalue weighted by Crippen LogP contribution is 2.04. The van der Waals surface area contributed by atoms with E-state index in [2.05, 4.69) is 17.2 Å². The molecule has 0 saturated carbocycles. The number of carbonyl (C=O) groups is 1. The van der Waals surface area contributed by atoms with Gasteiger partial charge in [0.25, 0.3) is 0 Å². The molecule has 1 aromatic carbocycles. The summed E-state index contributed by atoms with van der Waals surface area (Å²) in [5, 5.41) is 4.23. The smallest absolute Gasteiger partial charge is 0.134 e. The van der Waals surface area contributed by atoms with Crippen molar-refractivity contribution >= 4 is 5.78 Å². The molecule has 0 aliphatic carbocycles. The van der Waals surface area contributed by atoms with Crippen LogP contribution in [0.5, 0.6) is 0 Å². The lowest BCUT2D eigenvalue weighted by atomic mass is 10.2. The molecule has 82 valence electrons. The van der Waals surface area contributed by atoms with E-state index in [1.165, 1.54) is 5.56 Å². The van der Waals surface area contributed by atoms with E-state index in [0.717, 1.165) is 12.1 Å². The molecule has 16 heavy (non-hydrogen) atoms. The van der Waals surface area contributed by atoms with E-state index in [0.29, 0.717) is 6.42 Å². The first kappa shape index (κ1) is 10.6. The van der Waals surface area contributed by atoms with Gasteiger partial charge in [0, 0.05) is 12.6 Å². The number of ketones is 1. The molecular weight excluding hydrogens is 200 g/mol. The summed E-state index contributed by atoms with van der Waals surface area (Å²) in [5.74, 6) is 0.166. The highest BCUT2D eigenvalue weighted by atomic mass is 16.1. The van der Waals surface area contributed by atoms with Gasteiger partial charge >= 0.3 is 0 Å². The van der Waals surface area contributed by atoms with Crippen LogP contribution in [-0.4, -0.2) is 15.6 Å². The van der Waals surface area contributed by atoms with Crippen LogP contribution in [0.2, 0.25) is 0 Å². The lowest BCUT2D eigenvalue weighted by Crippen LogP contribution is -1.99. The number of rotatable bonds is 4. The zero-order valence-electron chi connectivity index (χ0n) is 9.26. The largest absolute Gasteiger partial charge is 0.300 e. The monoisotopic (exact) mass is 214 g/mol. The third kappa shape index (κ3) is 2.79. The van der Waals surface area contributed by atoms with Crippen LogP contribution >= 0.6 is 0 Å². The quantitative estimate of drug-likeness (QED) is 0.780. The molecule has 0 unspecified atom stereocenters. The van der Waals surface area contributed by atoms with Gasteiger partial charge in [-0.1, -0.05) is 30.3 Å². The number of Topliss-reactive ketones (excluding diaryl/α,β-unsaturated/α-hetero) is 1. The molecule has 0 saturated heterocycles. The minimum Gasteiger partial charge on any atom is -0.300 e. The Hall–Kier alpha value is -1.90. The summed E-state index contributed by atoms with van der Waals surface area (Å²) in [6, 6.07) is 10.1. The molecule has 2 aromatic rings. The third-order valence-electron chi connectivity index (χ3n) is 2.33. The molecule has 0 aliphatic rings. The normalized spacial score (nSPS) is 10.3. The molecule has 1 aromatic heterocycles. The Balaban J connectivity index is 2.06. The van der Waals surface area contributed by atoms with Gasteiger partial charge in [-0.15, -0.1) is 0 Å². The molecule has 3 nitrogen and oxygen atoms in total. The van der Waals surface area contributed by atoms with Gasteiger partial charge in [-0.05, 0) is 18.1 Å². The van der Waals surface area contributed by atoms with E-state index >= 15 is 0 Å². The number of nitrogens with zero attached hydrogens (tertiary/aromatic N) is 2. The fourth-order valence-corrected chi connectivity index (χ4v) is 1.64. The van der Waals surface area contributed by atoms with Crippen molar-refractivity contribution in [2.45, 2.75) is 19.9 Å². The SMILES string of the molecule is CC(=O)Cc1cnn(Cc2ccccc2)c1. The molecule has 0 aliphatic heterocycles. The summed E-state index contributed by atoms with van der Waals surface area (Å²) in [7, 11) is 0. The average Bonchev–Trinajstić information content (AvgIpc) is 2.66. The number of hydrogen-bond acceptors (Lipinski definition) is 2. The van der Waals surface area contributed by atoms with Gasteiger partial charge < -0.3 is 0 Å². The van der Waals surface area contributed by atoms with Gasteiger partial charge in [-0.25, -0.2) is 0 Å². The van der Waals surface area contributed by atoms with Crippen LogP contribution in [0, 0.1) is 0 Å². The van der Waals surface area contributed by atoms with E-state index in [1.807, 2.05) is 29.1 Å². The maximum Gasteiger partial charge on any atom is 0.134 e. The number of carbonyl (C=O) groups excluding carboxylic acids is 1. The standard InChI is InChI=1S/C13H14N2O/c1-11(16)7-13-8-14-15(10-13)9-12-5-3-2-4-6-12/h2-6,8,10H,7,9H2,1H3. The maximum absolute atomic E-state index is 10.9. The summed E-state index contributed by atoms with van der Waals surface area (Å²) in [6.45, 7) is 2.34. The van der Waals surface area contributed by atoms with Gasteiger partial charge in [-0.3, -0.25) is 9.48 Å². The first-order valence-electron chi connectivity index (χ1n) is 5.29. The van der Waals surface area contributed by atoms with Crippen molar-refractivity contribution in [3.8, 4) is 0 Å². The van der Waals surface area contributed by atoms with E-state index in [9.17, 15) is 4.79 Å². The highest BCUT2D eigenvalue weighted by molar-refractivity contribution is 5.77. The summed E-state index contributed by atoms with van der Waals surface area (Å²) in [4.78, 5) is 10.9. The average molecular weight is 214 g/mol. The predicted molar refractivity (Wildman–Crippen MR) is 62.2 cm³/mol. The lowest BCUT2D eigenvalue weighted by Gasteiger charge is -2.00.